The second-order valence-corrected chi connectivity index (χ2v) is 5.09. The van der Waals surface area contributed by atoms with Crippen LogP contribution in [0.5, 0.6) is 0 Å². The zero-order valence-corrected chi connectivity index (χ0v) is 13.1. The van der Waals surface area contributed by atoms with Gasteiger partial charge in [0.1, 0.15) is 0 Å². The van der Waals surface area contributed by atoms with Crippen LogP contribution in [0.1, 0.15) is 51.3 Å². The van der Waals surface area contributed by atoms with Crippen molar-refractivity contribution in [1.29, 1.82) is 0 Å². The molecule has 19 heavy (non-hydrogen) atoms. The molecule has 0 aromatic heterocycles. The molecule has 0 heterocycles. The number of hydrogen-bond acceptors (Lipinski definition) is 2. The number of likely N-dealkylation sites (N-methyl/N-ethyl adjacent to an activating group) is 1. The molecule has 0 aliphatic heterocycles. The van der Waals surface area contributed by atoms with Gasteiger partial charge in [-0.15, -0.1) is 0 Å². The van der Waals surface area contributed by atoms with Crippen molar-refractivity contribution >= 4 is 0 Å². The Morgan fingerprint density at radius 1 is 1.00 bits per heavy atom. The second kappa shape index (κ2) is 9.11. The smallest absolute Gasteiger partial charge is 0.0449 e. The molecule has 1 atom stereocenters. The zero-order chi connectivity index (χ0) is 14.1. The SMILES string of the molecule is CCCNC(CN(CC)CC)c1ccc(CC)cc1. The zero-order valence-electron chi connectivity index (χ0n) is 13.1. The molecule has 0 aliphatic rings. The number of aryl methyl sites for hydroxylation is 1. The number of nitrogens with zero attached hydrogens (tertiary/aromatic N) is 1. The lowest BCUT2D eigenvalue weighted by Crippen LogP contribution is -2.35. The predicted octanol–water partition coefficient (Wildman–Crippen LogP) is 3.63. The minimum absolute atomic E-state index is 0.450. The van der Waals surface area contributed by atoms with Gasteiger partial charge in [0.25, 0.3) is 0 Å². The summed E-state index contributed by atoms with van der Waals surface area (Å²) in [6.07, 6.45) is 2.30. The molecule has 1 aromatic carbocycles. The average Bonchev–Trinajstić information content (AvgIpc) is 2.48. The second-order valence-electron chi connectivity index (χ2n) is 5.09. The lowest BCUT2D eigenvalue weighted by molar-refractivity contribution is 0.266. The van der Waals surface area contributed by atoms with Gasteiger partial charge in [-0.3, -0.25) is 0 Å². The van der Waals surface area contributed by atoms with E-state index in [1.807, 2.05) is 0 Å². The van der Waals surface area contributed by atoms with E-state index >= 15 is 0 Å². The summed E-state index contributed by atoms with van der Waals surface area (Å²) >= 11 is 0. The first-order valence-electron chi connectivity index (χ1n) is 7.79. The Bertz CT molecular complexity index is 328. The van der Waals surface area contributed by atoms with E-state index < -0.39 is 0 Å². The van der Waals surface area contributed by atoms with Gasteiger partial charge in [-0.2, -0.15) is 0 Å². The van der Waals surface area contributed by atoms with Gasteiger partial charge >= 0.3 is 0 Å². The van der Waals surface area contributed by atoms with Crippen molar-refractivity contribution < 1.29 is 0 Å². The molecule has 108 valence electrons. The molecule has 2 nitrogen and oxygen atoms in total. The standard InChI is InChI=1S/C17H30N2/c1-5-13-18-17(14-19(7-3)8-4)16-11-9-15(6-2)10-12-16/h9-12,17-18H,5-8,13-14H2,1-4H3. The quantitative estimate of drug-likeness (QED) is 0.731. The van der Waals surface area contributed by atoms with Crippen LogP contribution in [-0.2, 0) is 6.42 Å². The van der Waals surface area contributed by atoms with E-state index in [0.717, 1.165) is 32.6 Å². The Labute approximate surface area is 119 Å². The summed E-state index contributed by atoms with van der Waals surface area (Å²) in [5, 5.41) is 3.68. The van der Waals surface area contributed by atoms with E-state index in [1.54, 1.807) is 0 Å². The minimum atomic E-state index is 0.450. The lowest BCUT2D eigenvalue weighted by Gasteiger charge is -2.26. The number of hydrogen-bond donors (Lipinski definition) is 1. The van der Waals surface area contributed by atoms with Crippen molar-refractivity contribution in [3.05, 3.63) is 35.4 Å². The van der Waals surface area contributed by atoms with Gasteiger partial charge in [-0.25, -0.2) is 0 Å². The van der Waals surface area contributed by atoms with Gasteiger partial charge in [0, 0.05) is 12.6 Å². The van der Waals surface area contributed by atoms with Crippen LogP contribution in [0.25, 0.3) is 0 Å². The third-order valence-corrected chi connectivity index (χ3v) is 3.77. The van der Waals surface area contributed by atoms with Crippen molar-refractivity contribution in [2.24, 2.45) is 0 Å². The first-order chi connectivity index (χ1) is 9.24. The van der Waals surface area contributed by atoms with Gasteiger partial charge in [0.05, 0.1) is 0 Å². The summed E-state index contributed by atoms with van der Waals surface area (Å²) in [6, 6.07) is 9.55. The van der Waals surface area contributed by atoms with Gasteiger partial charge in [0.2, 0.25) is 0 Å². The highest BCUT2D eigenvalue weighted by molar-refractivity contribution is 5.25. The fraction of sp³-hybridized carbons (Fsp3) is 0.647. The van der Waals surface area contributed by atoms with Crippen LogP contribution in [0, 0.1) is 0 Å². The van der Waals surface area contributed by atoms with Crippen LogP contribution in [-0.4, -0.2) is 31.1 Å². The summed E-state index contributed by atoms with van der Waals surface area (Å²) in [6.45, 7) is 13.3. The topological polar surface area (TPSA) is 15.3 Å². The number of nitrogens with one attached hydrogen (secondary N) is 1. The Morgan fingerprint density at radius 3 is 2.11 bits per heavy atom. The Morgan fingerprint density at radius 2 is 1.63 bits per heavy atom. The Kier molecular flexibility index (Phi) is 7.76. The fourth-order valence-corrected chi connectivity index (χ4v) is 2.33. The monoisotopic (exact) mass is 262 g/mol. The van der Waals surface area contributed by atoms with Gasteiger partial charge in [-0.05, 0) is 43.6 Å². The van der Waals surface area contributed by atoms with Crippen LogP contribution in [0.3, 0.4) is 0 Å². The highest BCUT2D eigenvalue weighted by Gasteiger charge is 2.13. The maximum Gasteiger partial charge on any atom is 0.0449 e. The molecule has 0 spiro atoms. The average molecular weight is 262 g/mol. The molecule has 0 amide bonds. The van der Waals surface area contributed by atoms with Crippen molar-refractivity contribution in [2.45, 2.75) is 46.6 Å². The van der Waals surface area contributed by atoms with Crippen LogP contribution >= 0.6 is 0 Å². The predicted molar refractivity (Wildman–Crippen MR) is 84.6 cm³/mol. The molecule has 1 N–H and O–H groups in total. The van der Waals surface area contributed by atoms with E-state index in [9.17, 15) is 0 Å². The molecule has 0 bridgehead atoms. The lowest BCUT2D eigenvalue weighted by atomic mass is 10.0. The van der Waals surface area contributed by atoms with E-state index in [2.05, 4.69) is 62.2 Å². The van der Waals surface area contributed by atoms with Crippen molar-refractivity contribution in [3.63, 3.8) is 0 Å². The van der Waals surface area contributed by atoms with Crippen molar-refractivity contribution in [1.82, 2.24) is 10.2 Å². The molecular formula is C17H30N2. The molecule has 0 saturated carbocycles. The summed E-state index contributed by atoms with van der Waals surface area (Å²) in [5.74, 6) is 0. The molecule has 0 radical (unpaired) electrons. The van der Waals surface area contributed by atoms with Crippen LogP contribution in [0.2, 0.25) is 0 Å². The Hall–Kier alpha value is -0.860. The van der Waals surface area contributed by atoms with E-state index in [-0.39, 0.29) is 0 Å². The van der Waals surface area contributed by atoms with Crippen LogP contribution in [0.15, 0.2) is 24.3 Å². The molecule has 2 heteroatoms. The van der Waals surface area contributed by atoms with Crippen molar-refractivity contribution in [2.75, 3.05) is 26.2 Å². The number of rotatable bonds is 9. The highest BCUT2D eigenvalue weighted by atomic mass is 15.1. The highest BCUT2D eigenvalue weighted by Crippen LogP contribution is 2.16. The summed E-state index contributed by atoms with van der Waals surface area (Å²) in [4.78, 5) is 2.49. The third-order valence-electron chi connectivity index (χ3n) is 3.77. The molecule has 1 unspecified atom stereocenters. The van der Waals surface area contributed by atoms with Gasteiger partial charge in [0.15, 0.2) is 0 Å². The summed E-state index contributed by atoms with van der Waals surface area (Å²) in [5.41, 5.74) is 2.83. The first kappa shape index (κ1) is 16.2. The fourth-order valence-electron chi connectivity index (χ4n) is 2.33. The van der Waals surface area contributed by atoms with E-state index in [0.29, 0.717) is 6.04 Å². The molecule has 1 rings (SSSR count). The third kappa shape index (κ3) is 5.33. The molecule has 0 saturated heterocycles. The van der Waals surface area contributed by atoms with Gasteiger partial charge in [-0.1, -0.05) is 52.0 Å². The van der Waals surface area contributed by atoms with Crippen LogP contribution < -0.4 is 5.32 Å². The molecule has 0 fully saturated rings. The molecular weight excluding hydrogens is 232 g/mol. The Balaban J connectivity index is 2.75. The van der Waals surface area contributed by atoms with Crippen molar-refractivity contribution in [3.8, 4) is 0 Å². The normalized spacial score (nSPS) is 12.9. The minimum Gasteiger partial charge on any atom is -0.309 e. The van der Waals surface area contributed by atoms with E-state index in [1.165, 1.54) is 17.5 Å². The largest absolute Gasteiger partial charge is 0.309 e. The molecule has 1 aromatic rings. The maximum absolute atomic E-state index is 3.68. The summed E-state index contributed by atoms with van der Waals surface area (Å²) < 4.78 is 0. The van der Waals surface area contributed by atoms with Gasteiger partial charge < -0.3 is 10.2 Å². The molecule has 0 aliphatic carbocycles. The first-order valence-corrected chi connectivity index (χ1v) is 7.79. The van der Waals surface area contributed by atoms with E-state index in [4.69, 9.17) is 0 Å². The summed E-state index contributed by atoms with van der Waals surface area (Å²) in [7, 11) is 0. The number of benzene rings is 1. The maximum atomic E-state index is 3.68. The van der Waals surface area contributed by atoms with Crippen LogP contribution in [0.4, 0.5) is 0 Å².